The van der Waals surface area contributed by atoms with Crippen molar-refractivity contribution in [3.8, 4) is 0 Å². The summed E-state index contributed by atoms with van der Waals surface area (Å²) in [6, 6.07) is 0. The molecular weight excluding hydrogens is 412 g/mol. The van der Waals surface area contributed by atoms with Crippen LogP contribution in [0.5, 0.6) is 0 Å². The van der Waals surface area contributed by atoms with E-state index in [-0.39, 0.29) is 24.0 Å². The van der Waals surface area contributed by atoms with E-state index in [0.29, 0.717) is 24.7 Å². The summed E-state index contributed by atoms with van der Waals surface area (Å²) < 4.78 is 59.4. The van der Waals surface area contributed by atoms with Crippen LogP contribution in [0.15, 0.2) is 23.3 Å². The smallest absolute Gasteiger partial charge is 0.194 e. The van der Waals surface area contributed by atoms with Crippen LogP contribution < -0.4 is 0 Å². The lowest BCUT2D eigenvalue weighted by molar-refractivity contribution is -0.166. The summed E-state index contributed by atoms with van der Waals surface area (Å²) in [7, 11) is 0. The molecule has 32 heavy (non-hydrogen) atoms. The summed E-state index contributed by atoms with van der Waals surface area (Å²) >= 11 is 0. The van der Waals surface area contributed by atoms with E-state index >= 15 is 0 Å². The number of halogens is 4. The fourth-order valence-electron chi connectivity index (χ4n) is 6.45. The fourth-order valence-corrected chi connectivity index (χ4v) is 6.45. The van der Waals surface area contributed by atoms with Crippen molar-refractivity contribution >= 4 is 0 Å². The monoisotopic (exact) mass is 456 g/mol. The van der Waals surface area contributed by atoms with Crippen molar-refractivity contribution in [2.24, 2.45) is 23.7 Å². The van der Waals surface area contributed by atoms with Crippen LogP contribution >= 0.6 is 0 Å². The maximum atomic E-state index is 14.9. The Morgan fingerprint density at radius 1 is 0.562 bits per heavy atom. The molecular formula is C28H44F4. The van der Waals surface area contributed by atoms with Crippen LogP contribution in [0.3, 0.4) is 0 Å². The SMILES string of the molecule is CCCC1CCC(CCC2=CC=C(CCC3CCC(CCC)CC3)C(F)(F)C2(F)F)CC1. The summed E-state index contributed by atoms with van der Waals surface area (Å²) in [6.07, 6.45) is 17.8. The van der Waals surface area contributed by atoms with Crippen LogP contribution in [0, 0.1) is 23.7 Å². The number of alkyl halides is 4. The molecule has 0 radical (unpaired) electrons. The van der Waals surface area contributed by atoms with Crippen molar-refractivity contribution in [3.63, 3.8) is 0 Å². The first-order valence-corrected chi connectivity index (χ1v) is 13.4. The Hall–Kier alpha value is -0.800. The van der Waals surface area contributed by atoms with Gasteiger partial charge in [0, 0.05) is 11.1 Å². The molecule has 0 N–H and O–H groups in total. The minimum absolute atomic E-state index is 0.0942. The zero-order valence-corrected chi connectivity index (χ0v) is 20.3. The van der Waals surface area contributed by atoms with Gasteiger partial charge in [0.25, 0.3) is 0 Å². The van der Waals surface area contributed by atoms with Gasteiger partial charge < -0.3 is 0 Å². The summed E-state index contributed by atoms with van der Waals surface area (Å²) in [6.45, 7) is 4.40. The first kappa shape index (κ1) is 25.8. The highest BCUT2D eigenvalue weighted by Crippen LogP contribution is 2.51. The quantitative estimate of drug-likeness (QED) is 0.287. The van der Waals surface area contributed by atoms with Crippen molar-refractivity contribution in [2.45, 2.75) is 128 Å². The van der Waals surface area contributed by atoms with Gasteiger partial charge >= 0.3 is 11.8 Å². The molecule has 3 aliphatic rings. The zero-order chi connectivity index (χ0) is 23.2. The van der Waals surface area contributed by atoms with Crippen LogP contribution in [0.4, 0.5) is 17.6 Å². The van der Waals surface area contributed by atoms with Gasteiger partial charge in [-0.15, -0.1) is 0 Å². The van der Waals surface area contributed by atoms with Gasteiger partial charge in [0.15, 0.2) is 0 Å². The molecule has 0 aromatic heterocycles. The molecule has 3 aliphatic carbocycles. The lowest BCUT2D eigenvalue weighted by Gasteiger charge is -2.35. The van der Waals surface area contributed by atoms with E-state index in [1.54, 1.807) is 0 Å². The Morgan fingerprint density at radius 2 is 0.844 bits per heavy atom. The first-order chi connectivity index (χ1) is 15.3. The van der Waals surface area contributed by atoms with E-state index in [1.165, 1.54) is 37.8 Å². The summed E-state index contributed by atoms with van der Waals surface area (Å²) in [5.41, 5.74) is -0.719. The third kappa shape index (κ3) is 6.20. The van der Waals surface area contributed by atoms with Crippen LogP contribution in [0.2, 0.25) is 0 Å². The van der Waals surface area contributed by atoms with E-state index in [4.69, 9.17) is 0 Å². The molecule has 0 aromatic rings. The highest BCUT2D eigenvalue weighted by molar-refractivity contribution is 5.37. The van der Waals surface area contributed by atoms with E-state index < -0.39 is 11.8 Å². The summed E-state index contributed by atoms with van der Waals surface area (Å²) in [4.78, 5) is 0. The largest absolute Gasteiger partial charge is 0.335 e. The van der Waals surface area contributed by atoms with Crippen molar-refractivity contribution in [2.75, 3.05) is 0 Å². The van der Waals surface area contributed by atoms with Gasteiger partial charge in [-0.2, -0.15) is 17.6 Å². The molecule has 0 aliphatic heterocycles. The molecule has 0 atom stereocenters. The lowest BCUT2D eigenvalue weighted by atomic mass is 9.76. The normalized spacial score (nSPS) is 32.3. The average Bonchev–Trinajstić information content (AvgIpc) is 2.77. The van der Waals surface area contributed by atoms with E-state index in [2.05, 4.69) is 13.8 Å². The molecule has 0 spiro atoms. The second-order valence-electron chi connectivity index (χ2n) is 11.0. The summed E-state index contributed by atoms with van der Waals surface area (Å²) in [5.74, 6) is -5.75. The third-order valence-corrected chi connectivity index (χ3v) is 8.66. The molecule has 0 amide bonds. The van der Waals surface area contributed by atoms with Crippen LogP contribution in [0.25, 0.3) is 0 Å². The highest BCUT2D eigenvalue weighted by Gasteiger charge is 2.61. The second kappa shape index (κ2) is 11.6. The second-order valence-corrected chi connectivity index (χ2v) is 11.0. The van der Waals surface area contributed by atoms with E-state index in [9.17, 15) is 17.6 Å². The molecule has 2 fully saturated rings. The fraction of sp³-hybridized carbons (Fsp3) is 0.857. The van der Waals surface area contributed by atoms with E-state index in [1.807, 2.05) is 0 Å². The van der Waals surface area contributed by atoms with Crippen molar-refractivity contribution in [3.05, 3.63) is 23.3 Å². The minimum Gasteiger partial charge on any atom is -0.194 e. The molecule has 0 aromatic carbocycles. The molecule has 2 saturated carbocycles. The number of rotatable bonds is 10. The molecule has 0 bridgehead atoms. The van der Waals surface area contributed by atoms with Gasteiger partial charge in [0.1, 0.15) is 0 Å². The molecule has 184 valence electrons. The Morgan fingerprint density at radius 3 is 1.12 bits per heavy atom. The van der Waals surface area contributed by atoms with Gasteiger partial charge in [0.2, 0.25) is 0 Å². The standard InChI is InChI=1S/C28H44F4/c1-3-5-21-7-11-23(12-8-21)15-17-25-19-20-26(28(31,32)27(25,29)30)18-16-24-13-9-22(6-4-2)10-14-24/h19-24H,3-18H2,1-2H3. The zero-order valence-electron chi connectivity index (χ0n) is 20.3. The topological polar surface area (TPSA) is 0 Å². The predicted molar refractivity (Wildman–Crippen MR) is 125 cm³/mol. The molecule has 4 heteroatoms. The molecule has 0 heterocycles. The third-order valence-electron chi connectivity index (χ3n) is 8.66. The number of allylic oxidation sites excluding steroid dienone is 4. The Bertz CT molecular complexity index is 576. The lowest BCUT2D eigenvalue weighted by Crippen LogP contribution is -2.45. The van der Waals surface area contributed by atoms with Crippen molar-refractivity contribution in [1.29, 1.82) is 0 Å². The molecule has 0 unspecified atom stereocenters. The number of hydrogen-bond donors (Lipinski definition) is 0. The Kier molecular flexibility index (Phi) is 9.32. The van der Waals surface area contributed by atoms with E-state index in [0.717, 1.165) is 63.2 Å². The van der Waals surface area contributed by atoms with Gasteiger partial charge in [-0.3, -0.25) is 0 Å². The number of hydrogen-bond acceptors (Lipinski definition) is 0. The molecule has 0 saturated heterocycles. The average molecular weight is 457 g/mol. The first-order valence-electron chi connectivity index (χ1n) is 13.4. The van der Waals surface area contributed by atoms with Crippen LogP contribution in [-0.2, 0) is 0 Å². The maximum Gasteiger partial charge on any atom is 0.335 e. The van der Waals surface area contributed by atoms with Gasteiger partial charge in [-0.05, 0) is 49.4 Å². The van der Waals surface area contributed by atoms with Crippen LogP contribution in [0.1, 0.15) is 117 Å². The Labute approximate surface area is 193 Å². The van der Waals surface area contributed by atoms with Gasteiger partial charge in [-0.25, -0.2) is 0 Å². The van der Waals surface area contributed by atoms with Gasteiger partial charge in [-0.1, -0.05) is 103 Å². The van der Waals surface area contributed by atoms with Crippen molar-refractivity contribution in [1.82, 2.24) is 0 Å². The maximum absolute atomic E-state index is 14.9. The summed E-state index contributed by atoms with van der Waals surface area (Å²) in [5, 5.41) is 0. The van der Waals surface area contributed by atoms with Crippen molar-refractivity contribution < 1.29 is 17.6 Å². The van der Waals surface area contributed by atoms with Crippen LogP contribution in [-0.4, -0.2) is 11.8 Å². The molecule has 3 rings (SSSR count). The van der Waals surface area contributed by atoms with Gasteiger partial charge in [0.05, 0.1) is 0 Å². The predicted octanol–water partition coefficient (Wildman–Crippen LogP) is 9.90. The minimum atomic E-state index is -4.05. The Balaban J connectivity index is 1.52. The highest BCUT2D eigenvalue weighted by atomic mass is 19.3. The molecule has 0 nitrogen and oxygen atoms in total.